The molecule has 2 N–H and O–H groups in total. The fourth-order valence-electron chi connectivity index (χ4n) is 1.21. The van der Waals surface area contributed by atoms with Gasteiger partial charge in [0.1, 0.15) is 10.7 Å². The Labute approximate surface area is 108 Å². The number of sulfonamides is 1. The first-order valence-corrected chi connectivity index (χ1v) is 7.24. The quantitative estimate of drug-likeness (QED) is 0.864. The van der Waals surface area contributed by atoms with E-state index in [2.05, 4.69) is 20.7 Å². The Balaban J connectivity index is 2.90. The van der Waals surface area contributed by atoms with Gasteiger partial charge in [0.15, 0.2) is 0 Å². The molecule has 0 amide bonds. The second-order valence-corrected chi connectivity index (χ2v) is 6.14. The largest absolute Gasteiger partial charge is 0.393 e. The van der Waals surface area contributed by atoms with Crippen molar-refractivity contribution in [2.75, 3.05) is 6.54 Å². The van der Waals surface area contributed by atoms with E-state index >= 15 is 0 Å². The highest BCUT2D eigenvalue weighted by Gasteiger charge is 2.21. The van der Waals surface area contributed by atoms with Crippen LogP contribution in [0.1, 0.15) is 13.3 Å². The van der Waals surface area contributed by atoms with Crippen LogP contribution in [0.5, 0.6) is 0 Å². The van der Waals surface area contributed by atoms with E-state index in [1.165, 1.54) is 12.1 Å². The molecule has 1 unspecified atom stereocenters. The molecule has 0 aliphatic carbocycles. The minimum absolute atomic E-state index is 0.0563. The molecule has 0 fully saturated rings. The van der Waals surface area contributed by atoms with Crippen LogP contribution in [-0.2, 0) is 10.0 Å². The van der Waals surface area contributed by atoms with Gasteiger partial charge in [-0.15, -0.1) is 0 Å². The van der Waals surface area contributed by atoms with Crippen LogP contribution in [0.25, 0.3) is 0 Å². The molecule has 0 bridgehead atoms. The van der Waals surface area contributed by atoms with E-state index in [9.17, 15) is 12.8 Å². The Morgan fingerprint density at radius 2 is 2.18 bits per heavy atom. The molecule has 0 heterocycles. The number of hydrogen-bond donors (Lipinski definition) is 2. The van der Waals surface area contributed by atoms with E-state index in [1.54, 1.807) is 6.92 Å². The zero-order chi connectivity index (χ0) is 13.1. The van der Waals surface area contributed by atoms with Crippen molar-refractivity contribution in [3.63, 3.8) is 0 Å². The minimum Gasteiger partial charge on any atom is -0.393 e. The fraction of sp³-hybridized carbons (Fsp3) is 0.400. The molecule has 0 radical (unpaired) electrons. The zero-order valence-corrected chi connectivity index (χ0v) is 11.6. The lowest BCUT2D eigenvalue weighted by molar-refractivity contribution is 0.186. The van der Waals surface area contributed by atoms with Crippen LogP contribution in [0.3, 0.4) is 0 Å². The maximum atomic E-state index is 13.4. The maximum Gasteiger partial charge on any atom is 0.244 e. The molecule has 1 rings (SSSR count). The smallest absolute Gasteiger partial charge is 0.244 e. The van der Waals surface area contributed by atoms with Crippen LogP contribution in [-0.4, -0.2) is 26.2 Å². The van der Waals surface area contributed by atoms with Crippen molar-refractivity contribution in [1.29, 1.82) is 0 Å². The van der Waals surface area contributed by atoms with Crippen molar-refractivity contribution >= 4 is 26.0 Å². The number of nitrogens with one attached hydrogen (secondary N) is 1. The first-order chi connectivity index (χ1) is 7.84. The summed E-state index contributed by atoms with van der Waals surface area (Å²) in [4.78, 5) is -0.411. The predicted molar refractivity (Wildman–Crippen MR) is 65.6 cm³/mol. The van der Waals surface area contributed by atoms with Gasteiger partial charge >= 0.3 is 0 Å². The van der Waals surface area contributed by atoms with Crippen LogP contribution in [0.15, 0.2) is 27.6 Å². The van der Waals surface area contributed by atoms with E-state index in [0.29, 0.717) is 0 Å². The Hall–Kier alpha value is -0.500. The Morgan fingerprint density at radius 3 is 2.71 bits per heavy atom. The van der Waals surface area contributed by atoms with Crippen LogP contribution in [0.2, 0.25) is 0 Å². The lowest BCUT2D eigenvalue weighted by atomic mass is 10.3. The van der Waals surface area contributed by atoms with E-state index in [-0.39, 0.29) is 17.4 Å². The first-order valence-electron chi connectivity index (χ1n) is 4.96. The van der Waals surface area contributed by atoms with Gasteiger partial charge in [0.2, 0.25) is 10.0 Å². The first kappa shape index (κ1) is 14.6. The molecule has 1 aromatic carbocycles. The summed E-state index contributed by atoms with van der Waals surface area (Å²) in [6.07, 6.45) is -0.340. The monoisotopic (exact) mass is 325 g/mol. The van der Waals surface area contributed by atoms with E-state index in [0.717, 1.165) is 6.07 Å². The van der Waals surface area contributed by atoms with Crippen molar-refractivity contribution in [2.45, 2.75) is 24.3 Å². The SMILES string of the molecule is CC(O)CCNS(=O)(=O)c1c(F)cccc1Br. The molecule has 0 aliphatic rings. The summed E-state index contributed by atoms with van der Waals surface area (Å²) in [7, 11) is -3.90. The average Bonchev–Trinajstić information content (AvgIpc) is 2.15. The van der Waals surface area contributed by atoms with Crippen molar-refractivity contribution in [3.05, 3.63) is 28.5 Å². The molecular weight excluding hydrogens is 313 g/mol. The van der Waals surface area contributed by atoms with Crippen LogP contribution < -0.4 is 4.72 Å². The summed E-state index contributed by atoms with van der Waals surface area (Å²) >= 11 is 3.00. The van der Waals surface area contributed by atoms with Crippen LogP contribution in [0, 0.1) is 5.82 Å². The Morgan fingerprint density at radius 1 is 1.53 bits per heavy atom. The van der Waals surface area contributed by atoms with E-state index in [1.807, 2.05) is 0 Å². The topological polar surface area (TPSA) is 66.4 Å². The maximum absolute atomic E-state index is 13.4. The third-order valence-electron chi connectivity index (χ3n) is 2.04. The van der Waals surface area contributed by atoms with Crippen LogP contribution in [0.4, 0.5) is 4.39 Å². The van der Waals surface area contributed by atoms with Crippen molar-refractivity contribution < 1.29 is 17.9 Å². The molecule has 0 spiro atoms. The molecule has 0 saturated heterocycles. The highest BCUT2D eigenvalue weighted by Crippen LogP contribution is 2.24. The Kier molecular flexibility index (Phi) is 5.05. The molecule has 0 aromatic heterocycles. The van der Waals surface area contributed by atoms with Gasteiger partial charge in [0, 0.05) is 11.0 Å². The van der Waals surface area contributed by atoms with Gasteiger partial charge in [0.05, 0.1) is 6.10 Å². The molecule has 0 aliphatic heterocycles. The molecule has 4 nitrogen and oxygen atoms in total. The van der Waals surface area contributed by atoms with Crippen LogP contribution >= 0.6 is 15.9 Å². The number of hydrogen-bond acceptors (Lipinski definition) is 3. The molecule has 96 valence electrons. The highest BCUT2D eigenvalue weighted by molar-refractivity contribution is 9.10. The summed E-state index contributed by atoms with van der Waals surface area (Å²) in [6.45, 7) is 1.61. The van der Waals surface area contributed by atoms with Gasteiger partial charge in [-0.2, -0.15) is 0 Å². The summed E-state index contributed by atoms with van der Waals surface area (Å²) in [5, 5.41) is 9.01. The van der Waals surface area contributed by atoms with Gasteiger partial charge in [-0.25, -0.2) is 17.5 Å². The summed E-state index contributed by atoms with van der Waals surface area (Å²) < 4.78 is 39.4. The standard InChI is InChI=1S/C10H13BrFNO3S/c1-7(14)5-6-13-17(15,16)10-8(11)3-2-4-9(10)12/h2-4,7,13-14H,5-6H2,1H3. The highest BCUT2D eigenvalue weighted by atomic mass is 79.9. The third-order valence-corrected chi connectivity index (χ3v) is 4.50. The van der Waals surface area contributed by atoms with Gasteiger partial charge in [-0.1, -0.05) is 6.07 Å². The Bertz CT molecular complexity index is 470. The number of benzene rings is 1. The fourth-order valence-corrected chi connectivity index (χ4v) is 3.38. The van der Waals surface area contributed by atoms with E-state index in [4.69, 9.17) is 5.11 Å². The van der Waals surface area contributed by atoms with Crippen molar-refractivity contribution in [1.82, 2.24) is 4.72 Å². The number of aliphatic hydroxyl groups is 1. The molecule has 1 atom stereocenters. The second-order valence-electron chi connectivity index (χ2n) is 3.59. The summed E-state index contributed by atoms with van der Waals surface area (Å²) in [5.74, 6) is -0.816. The number of aliphatic hydroxyl groups excluding tert-OH is 1. The molecular formula is C10H13BrFNO3S. The van der Waals surface area contributed by atoms with Gasteiger partial charge in [-0.05, 0) is 41.4 Å². The normalized spacial score (nSPS) is 13.6. The lowest BCUT2D eigenvalue weighted by Crippen LogP contribution is -2.27. The third kappa shape index (κ3) is 4.02. The zero-order valence-electron chi connectivity index (χ0n) is 9.15. The number of halogens is 2. The molecule has 7 heteroatoms. The molecule has 0 saturated carbocycles. The van der Waals surface area contributed by atoms with Gasteiger partial charge in [0.25, 0.3) is 0 Å². The van der Waals surface area contributed by atoms with E-state index < -0.39 is 26.8 Å². The van der Waals surface area contributed by atoms with Gasteiger partial charge in [-0.3, -0.25) is 0 Å². The summed E-state index contributed by atoms with van der Waals surface area (Å²) in [6, 6.07) is 3.94. The minimum atomic E-state index is -3.90. The molecule has 1 aromatic rings. The second kappa shape index (κ2) is 5.90. The molecule has 17 heavy (non-hydrogen) atoms. The lowest BCUT2D eigenvalue weighted by Gasteiger charge is -2.10. The van der Waals surface area contributed by atoms with Crippen molar-refractivity contribution in [2.24, 2.45) is 0 Å². The summed E-state index contributed by atoms with van der Waals surface area (Å²) in [5.41, 5.74) is 0. The number of rotatable bonds is 5. The van der Waals surface area contributed by atoms with Gasteiger partial charge < -0.3 is 5.11 Å². The van der Waals surface area contributed by atoms with Crippen molar-refractivity contribution in [3.8, 4) is 0 Å². The average molecular weight is 326 g/mol. The predicted octanol–water partition coefficient (Wildman–Crippen LogP) is 1.64.